The van der Waals surface area contributed by atoms with Crippen molar-refractivity contribution in [2.45, 2.75) is 90.9 Å². The molecule has 290 valence electrons. The van der Waals surface area contributed by atoms with Crippen LogP contribution in [0, 0.1) is 11.3 Å². The van der Waals surface area contributed by atoms with Crippen molar-refractivity contribution in [3.63, 3.8) is 0 Å². The second kappa shape index (κ2) is 20.1. The molecule has 1 N–H and O–H groups in total. The van der Waals surface area contributed by atoms with E-state index in [0.717, 1.165) is 61.6 Å². The molecule has 0 radical (unpaired) electrons. The van der Waals surface area contributed by atoms with E-state index in [1.165, 1.54) is 81.6 Å². The summed E-state index contributed by atoms with van der Waals surface area (Å²) in [5.74, 6) is 0.355. The smallest absolute Gasteiger partial charge is 0.346 e. The van der Waals surface area contributed by atoms with Gasteiger partial charge in [-0.15, -0.1) is 22.7 Å². The molecule has 1 aliphatic rings. The number of unbranched alkanes of at least 4 members (excludes halogenated alkanes) is 10. The van der Waals surface area contributed by atoms with Gasteiger partial charge < -0.3 is 19.5 Å². The second-order valence-electron chi connectivity index (χ2n) is 14.2. The molecule has 9 heteroatoms. The Hall–Kier alpha value is -5.17. The van der Waals surface area contributed by atoms with Crippen molar-refractivity contribution in [1.82, 2.24) is 0 Å². The number of rotatable bonds is 22. The molecule has 0 spiro atoms. The third-order valence-corrected chi connectivity index (χ3v) is 12.4. The summed E-state index contributed by atoms with van der Waals surface area (Å²) in [5, 5.41) is 18.5. The van der Waals surface area contributed by atoms with E-state index in [-0.39, 0.29) is 11.4 Å². The Bertz CT molecular complexity index is 2080. The highest BCUT2D eigenvalue weighted by Gasteiger charge is 2.32. The van der Waals surface area contributed by atoms with Crippen LogP contribution in [0.15, 0.2) is 90.5 Å². The number of aliphatic carboxylic acids is 1. The van der Waals surface area contributed by atoms with Gasteiger partial charge in [0.15, 0.2) is 5.78 Å². The minimum absolute atomic E-state index is 0.0798. The number of anilines is 3. The van der Waals surface area contributed by atoms with Gasteiger partial charge in [-0.25, -0.2) is 4.79 Å². The van der Waals surface area contributed by atoms with E-state index >= 15 is 0 Å². The first-order valence-corrected chi connectivity index (χ1v) is 21.6. The van der Waals surface area contributed by atoms with E-state index in [4.69, 9.17) is 9.47 Å². The number of benzene rings is 3. The number of carboxylic acid groups (broad SMARTS) is 1. The summed E-state index contributed by atoms with van der Waals surface area (Å²) in [7, 11) is 0. The summed E-state index contributed by atoms with van der Waals surface area (Å²) < 4.78 is 12.2. The van der Waals surface area contributed by atoms with Crippen LogP contribution in [0.4, 0.5) is 17.1 Å². The molecule has 6 rings (SSSR count). The molecule has 0 fully saturated rings. The third kappa shape index (κ3) is 10.2. The van der Waals surface area contributed by atoms with E-state index < -0.39 is 5.97 Å². The zero-order valence-corrected chi connectivity index (χ0v) is 34.0. The predicted octanol–water partition coefficient (Wildman–Crippen LogP) is 13.6. The van der Waals surface area contributed by atoms with Gasteiger partial charge in [-0.3, -0.25) is 4.79 Å². The SMILES string of the molecule is CCCCCCCCOc1ccc(N(c2ccc(OCCCCCCCC)cc2)c2ccc(-c3cc4c(s3)-c3sc(/C=C(\C#N)C(=O)O)cc3C4=O)cc2)cc1. The van der Waals surface area contributed by atoms with Gasteiger partial charge in [0.1, 0.15) is 23.1 Å². The molecule has 3 aromatic carbocycles. The van der Waals surface area contributed by atoms with Gasteiger partial charge in [0, 0.05) is 37.9 Å². The standard InChI is InChI=1S/C47H50N2O5S2/c1-3-5-7-9-11-13-27-53-38-23-19-36(20-24-38)49(37-21-25-39(26-22-37)54-28-14-12-10-8-6-4-2)35-17-15-33(16-18-35)43-31-42-44(50)41-30-40(29-34(32-48)47(51)52)55-45(41)46(42)56-43/h15-26,29-31H,3-14,27-28H2,1-2H3,(H,51,52)/b34-29+. The van der Waals surface area contributed by atoms with E-state index in [2.05, 4.69) is 67.3 Å². The number of thiophene rings is 2. The maximum Gasteiger partial charge on any atom is 0.346 e. The Morgan fingerprint density at radius 3 is 1.64 bits per heavy atom. The van der Waals surface area contributed by atoms with E-state index in [1.54, 1.807) is 23.5 Å². The minimum Gasteiger partial charge on any atom is -0.494 e. The molecule has 0 saturated heterocycles. The highest BCUT2D eigenvalue weighted by Crippen LogP contribution is 2.49. The van der Waals surface area contributed by atoms with Gasteiger partial charge in [0.2, 0.25) is 0 Å². The van der Waals surface area contributed by atoms with Crippen molar-refractivity contribution in [2.24, 2.45) is 0 Å². The van der Waals surface area contributed by atoms with Gasteiger partial charge in [-0.05, 0) is 97.3 Å². The number of hydrogen-bond donors (Lipinski definition) is 1. The Kier molecular flexibility index (Phi) is 14.6. The number of nitriles is 1. The highest BCUT2D eigenvalue weighted by molar-refractivity contribution is 7.25. The Balaban J connectivity index is 1.19. The number of fused-ring (bicyclic) bond motifs is 3. The zero-order valence-electron chi connectivity index (χ0n) is 32.4. The summed E-state index contributed by atoms with van der Waals surface area (Å²) in [6.07, 6.45) is 16.0. The van der Waals surface area contributed by atoms with Crippen molar-refractivity contribution in [3.8, 4) is 37.8 Å². The quantitative estimate of drug-likeness (QED) is 0.0415. The van der Waals surface area contributed by atoms with Crippen LogP contribution >= 0.6 is 22.7 Å². The van der Waals surface area contributed by atoms with Crippen LogP contribution in [0.1, 0.15) is 112 Å². The van der Waals surface area contributed by atoms with Crippen LogP contribution in [0.25, 0.3) is 26.3 Å². The van der Waals surface area contributed by atoms with Crippen molar-refractivity contribution in [1.29, 1.82) is 5.26 Å². The van der Waals surface area contributed by atoms with Gasteiger partial charge in [-0.2, -0.15) is 5.26 Å². The number of carbonyl (C=O) groups is 2. The monoisotopic (exact) mass is 786 g/mol. The first-order valence-electron chi connectivity index (χ1n) is 19.9. The first kappa shape index (κ1) is 40.5. The second-order valence-corrected chi connectivity index (χ2v) is 16.3. The average Bonchev–Trinajstić information content (AvgIpc) is 3.90. The maximum absolute atomic E-state index is 13.4. The van der Waals surface area contributed by atoms with Crippen LogP contribution in [-0.4, -0.2) is 30.1 Å². The summed E-state index contributed by atoms with van der Waals surface area (Å²) in [6, 6.07) is 30.3. The molecule has 7 nitrogen and oxygen atoms in total. The summed E-state index contributed by atoms with van der Waals surface area (Å²) in [6.45, 7) is 5.91. The number of nitrogens with zero attached hydrogens (tertiary/aromatic N) is 2. The largest absolute Gasteiger partial charge is 0.494 e. The van der Waals surface area contributed by atoms with Crippen molar-refractivity contribution in [3.05, 3.63) is 107 Å². The molecule has 0 aliphatic heterocycles. The molecule has 0 atom stereocenters. The minimum atomic E-state index is -1.29. The molecule has 56 heavy (non-hydrogen) atoms. The number of carbonyl (C=O) groups excluding carboxylic acids is 1. The van der Waals surface area contributed by atoms with E-state index in [1.807, 2.05) is 30.3 Å². The lowest BCUT2D eigenvalue weighted by Crippen LogP contribution is -2.10. The average molecular weight is 787 g/mol. The highest BCUT2D eigenvalue weighted by atomic mass is 32.1. The molecule has 2 aromatic heterocycles. The van der Waals surface area contributed by atoms with E-state index in [0.29, 0.717) is 29.2 Å². The summed E-state index contributed by atoms with van der Waals surface area (Å²) in [5.41, 5.74) is 4.84. The topological polar surface area (TPSA) is 99.9 Å². The maximum atomic E-state index is 13.4. The number of carboxylic acids is 1. The third-order valence-electron chi connectivity index (χ3n) is 9.95. The van der Waals surface area contributed by atoms with Gasteiger partial charge in [0.05, 0.1) is 23.0 Å². The Morgan fingerprint density at radius 2 is 1.14 bits per heavy atom. The molecule has 2 heterocycles. The van der Waals surface area contributed by atoms with Crippen molar-refractivity contribution in [2.75, 3.05) is 18.1 Å². The first-order chi connectivity index (χ1) is 27.4. The van der Waals surface area contributed by atoms with Crippen LogP contribution < -0.4 is 14.4 Å². The lowest BCUT2D eigenvalue weighted by Gasteiger charge is -2.26. The lowest BCUT2D eigenvalue weighted by molar-refractivity contribution is -0.132. The van der Waals surface area contributed by atoms with Crippen LogP contribution in [0.2, 0.25) is 0 Å². The fourth-order valence-electron chi connectivity index (χ4n) is 6.87. The van der Waals surface area contributed by atoms with Gasteiger partial charge in [-0.1, -0.05) is 90.2 Å². The van der Waals surface area contributed by atoms with Gasteiger partial charge >= 0.3 is 5.97 Å². The van der Waals surface area contributed by atoms with Crippen LogP contribution in [-0.2, 0) is 4.79 Å². The summed E-state index contributed by atoms with van der Waals surface area (Å²) >= 11 is 2.88. The molecule has 1 aliphatic carbocycles. The number of ether oxygens (including phenoxy) is 2. The molecular weight excluding hydrogens is 737 g/mol. The Morgan fingerprint density at radius 1 is 0.679 bits per heavy atom. The van der Waals surface area contributed by atoms with E-state index in [9.17, 15) is 20.0 Å². The zero-order chi connectivity index (χ0) is 39.3. The summed E-state index contributed by atoms with van der Waals surface area (Å²) in [4.78, 5) is 30.2. The molecular formula is C47H50N2O5S2. The van der Waals surface area contributed by atoms with Crippen LogP contribution in [0.5, 0.6) is 11.5 Å². The molecule has 0 bridgehead atoms. The molecule has 0 amide bonds. The number of hydrogen-bond acceptors (Lipinski definition) is 8. The fourth-order valence-corrected chi connectivity index (χ4v) is 9.29. The van der Waals surface area contributed by atoms with Gasteiger partial charge in [0.25, 0.3) is 0 Å². The predicted molar refractivity (Wildman–Crippen MR) is 230 cm³/mol. The lowest BCUT2D eigenvalue weighted by atomic mass is 10.1. The fraction of sp³-hybridized carbons (Fsp3) is 0.340. The van der Waals surface area contributed by atoms with Crippen molar-refractivity contribution < 1.29 is 24.2 Å². The number of ketones is 1. The Labute approximate surface area is 338 Å². The van der Waals surface area contributed by atoms with Crippen LogP contribution in [0.3, 0.4) is 0 Å². The van der Waals surface area contributed by atoms with Crippen molar-refractivity contribution >= 4 is 57.6 Å². The molecule has 0 unspecified atom stereocenters. The normalized spacial score (nSPS) is 11.9. The molecule has 0 saturated carbocycles. The molecule has 5 aromatic rings.